The first-order valence-electron chi connectivity index (χ1n) is 12.3. The van der Waals surface area contributed by atoms with Gasteiger partial charge in [-0.25, -0.2) is 4.79 Å². The van der Waals surface area contributed by atoms with Gasteiger partial charge in [0.25, 0.3) is 0 Å². The first-order chi connectivity index (χ1) is 18.9. The SMILES string of the molecule is COc1ccc(-n2c(C)c(C(=O)c3ccccc3)c3cc(OC(=O)c4cccc(OC(C)=O)c4)ccc32)cc1. The Morgan fingerprint density at radius 1 is 0.692 bits per heavy atom. The molecule has 39 heavy (non-hydrogen) atoms. The second kappa shape index (κ2) is 10.7. The Morgan fingerprint density at radius 3 is 2.05 bits per heavy atom. The molecular formula is C32H25NO6. The number of nitrogens with zero attached hydrogens (tertiary/aromatic N) is 1. The number of fused-ring (bicyclic) bond motifs is 1. The van der Waals surface area contributed by atoms with E-state index in [1.807, 2.05) is 60.0 Å². The standard InChI is InChI=1S/C32H25NO6/c1-20-30(31(35)22-8-5-4-6-9-22)28-19-27(39-32(36)23-10-7-11-26(18-23)38-21(2)34)16-17-29(28)33(20)24-12-14-25(37-3)15-13-24/h4-19H,1-3H3. The third-order valence-electron chi connectivity index (χ3n) is 6.31. The number of rotatable bonds is 7. The van der Waals surface area contributed by atoms with Crippen LogP contribution in [0.1, 0.15) is 38.9 Å². The molecule has 0 aliphatic heterocycles. The van der Waals surface area contributed by atoms with Gasteiger partial charge in [-0.15, -0.1) is 0 Å². The minimum atomic E-state index is -0.620. The second-order valence-electron chi connectivity index (χ2n) is 8.88. The molecule has 0 unspecified atom stereocenters. The molecule has 0 saturated carbocycles. The van der Waals surface area contributed by atoms with Crippen molar-refractivity contribution < 1.29 is 28.6 Å². The number of hydrogen-bond acceptors (Lipinski definition) is 6. The molecule has 5 rings (SSSR count). The van der Waals surface area contributed by atoms with Crippen LogP contribution in [0.2, 0.25) is 0 Å². The lowest BCUT2D eigenvalue weighted by Crippen LogP contribution is -2.09. The zero-order valence-electron chi connectivity index (χ0n) is 21.6. The predicted octanol–water partition coefficient (Wildman–Crippen LogP) is 6.32. The molecule has 0 atom stereocenters. The van der Waals surface area contributed by atoms with Crippen LogP contribution in [0.15, 0.2) is 97.1 Å². The predicted molar refractivity (Wildman–Crippen MR) is 147 cm³/mol. The number of esters is 2. The van der Waals surface area contributed by atoms with E-state index in [0.717, 1.165) is 22.6 Å². The van der Waals surface area contributed by atoms with Crippen LogP contribution in [0.25, 0.3) is 16.6 Å². The third-order valence-corrected chi connectivity index (χ3v) is 6.31. The molecule has 5 aromatic rings. The molecule has 0 aliphatic carbocycles. The largest absolute Gasteiger partial charge is 0.497 e. The summed E-state index contributed by atoms with van der Waals surface area (Å²) < 4.78 is 18.1. The molecule has 0 saturated heterocycles. The van der Waals surface area contributed by atoms with Crippen LogP contribution in [0, 0.1) is 6.92 Å². The summed E-state index contributed by atoms with van der Waals surface area (Å²) in [6.07, 6.45) is 0. The molecule has 0 amide bonds. The molecule has 1 heterocycles. The van der Waals surface area contributed by atoms with Gasteiger partial charge in [0.15, 0.2) is 5.78 Å². The summed E-state index contributed by atoms with van der Waals surface area (Å²) in [5, 5.41) is 0.649. The maximum Gasteiger partial charge on any atom is 0.343 e. The Kier molecular flexibility index (Phi) is 6.97. The highest BCUT2D eigenvalue weighted by molar-refractivity contribution is 6.18. The van der Waals surface area contributed by atoms with Gasteiger partial charge in [-0.1, -0.05) is 36.4 Å². The molecule has 0 aliphatic rings. The molecule has 0 spiro atoms. The summed E-state index contributed by atoms with van der Waals surface area (Å²) >= 11 is 0. The van der Waals surface area contributed by atoms with Gasteiger partial charge < -0.3 is 18.8 Å². The second-order valence-corrected chi connectivity index (χ2v) is 8.88. The lowest BCUT2D eigenvalue weighted by Gasteiger charge is -2.10. The minimum absolute atomic E-state index is 0.136. The van der Waals surface area contributed by atoms with Crippen LogP contribution in [0.3, 0.4) is 0 Å². The number of benzene rings is 4. The molecule has 4 aromatic carbocycles. The fourth-order valence-corrected chi connectivity index (χ4v) is 4.56. The molecule has 0 bridgehead atoms. The highest BCUT2D eigenvalue weighted by Gasteiger charge is 2.23. The normalized spacial score (nSPS) is 10.7. The summed E-state index contributed by atoms with van der Waals surface area (Å²) in [6, 6.07) is 28.0. The zero-order valence-corrected chi connectivity index (χ0v) is 21.6. The summed E-state index contributed by atoms with van der Waals surface area (Å²) in [5.74, 6) is 0.00184. The van der Waals surface area contributed by atoms with Crippen molar-refractivity contribution in [3.05, 3.63) is 119 Å². The molecular weight excluding hydrogens is 494 g/mol. The Hall–Kier alpha value is -5.17. The maximum absolute atomic E-state index is 13.7. The summed E-state index contributed by atoms with van der Waals surface area (Å²) in [7, 11) is 1.61. The van der Waals surface area contributed by atoms with Crippen molar-refractivity contribution in [3.63, 3.8) is 0 Å². The van der Waals surface area contributed by atoms with E-state index < -0.39 is 11.9 Å². The molecule has 1 aromatic heterocycles. The monoisotopic (exact) mass is 519 g/mol. The van der Waals surface area contributed by atoms with Crippen LogP contribution in [-0.4, -0.2) is 29.4 Å². The minimum Gasteiger partial charge on any atom is -0.497 e. The lowest BCUT2D eigenvalue weighted by molar-refractivity contribution is -0.131. The fourth-order valence-electron chi connectivity index (χ4n) is 4.56. The first-order valence-corrected chi connectivity index (χ1v) is 12.3. The molecule has 0 radical (unpaired) electrons. The van der Waals surface area contributed by atoms with Crippen molar-refractivity contribution in [3.8, 4) is 22.9 Å². The summed E-state index contributed by atoms with van der Waals surface area (Å²) in [5.41, 5.74) is 3.69. The topological polar surface area (TPSA) is 83.8 Å². The Labute approximate surface area is 225 Å². The van der Waals surface area contributed by atoms with Crippen LogP contribution in [0.5, 0.6) is 17.2 Å². The molecule has 194 valence electrons. The number of ketones is 1. The molecule has 7 heteroatoms. The van der Waals surface area contributed by atoms with E-state index >= 15 is 0 Å². The highest BCUT2D eigenvalue weighted by atomic mass is 16.5. The van der Waals surface area contributed by atoms with Crippen LogP contribution in [0.4, 0.5) is 0 Å². The average molecular weight is 520 g/mol. The van der Waals surface area contributed by atoms with Gasteiger partial charge >= 0.3 is 11.9 Å². The van der Waals surface area contributed by atoms with Crippen LogP contribution in [-0.2, 0) is 4.79 Å². The highest BCUT2D eigenvalue weighted by Crippen LogP contribution is 2.34. The quantitative estimate of drug-likeness (QED) is 0.142. The number of carbonyl (C=O) groups is 3. The number of aromatic nitrogens is 1. The first kappa shape index (κ1) is 25.5. The number of ether oxygens (including phenoxy) is 3. The van der Waals surface area contributed by atoms with Crippen molar-refractivity contribution in [1.29, 1.82) is 0 Å². The number of hydrogen-bond donors (Lipinski definition) is 0. The van der Waals surface area contributed by atoms with E-state index in [9.17, 15) is 14.4 Å². The molecule has 0 N–H and O–H groups in total. The zero-order chi connectivity index (χ0) is 27.5. The van der Waals surface area contributed by atoms with E-state index in [4.69, 9.17) is 14.2 Å². The Morgan fingerprint density at radius 2 is 1.36 bits per heavy atom. The molecule has 0 fully saturated rings. The van der Waals surface area contributed by atoms with Gasteiger partial charge in [0.2, 0.25) is 0 Å². The van der Waals surface area contributed by atoms with Crippen molar-refractivity contribution in [2.24, 2.45) is 0 Å². The van der Waals surface area contributed by atoms with E-state index in [1.54, 1.807) is 49.6 Å². The Bertz CT molecular complexity index is 1700. The Balaban J connectivity index is 1.59. The third kappa shape index (κ3) is 5.15. The smallest absolute Gasteiger partial charge is 0.343 e. The van der Waals surface area contributed by atoms with E-state index in [-0.39, 0.29) is 22.8 Å². The van der Waals surface area contributed by atoms with Gasteiger partial charge in [0.1, 0.15) is 17.2 Å². The van der Waals surface area contributed by atoms with E-state index in [2.05, 4.69) is 0 Å². The fraction of sp³-hybridized carbons (Fsp3) is 0.0938. The lowest BCUT2D eigenvalue weighted by atomic mass is 10.0. The van der Waals surface area contributed by atoms with Gasteiger partial charge in [0, 0.05) is 29.3 Å². The summed E-state index contributed by atoms with van der Waals surface area (Å²) in [6.45, 7) is 3.18. The van der Waals surface area contributed by atoms with E-state index in [0.29, 0.717) is 16.5 Å². The van der Waals surface area contributed by atoms with Crippen molar-refractivity contribution >= 4 is 28.6 Å². The van der Waals surface area contributed by atoms with Crippen LogP contribution >= 0.6 is 0 Å². The van der Waals surface area contributed by atoms with E-state index in [1.165, 1.54) is 13.0 Å². The van der Waals surface area contributed by atoms with Gasteiger partial charge in [0.05, 0.1) is 23.8 Å². The number of carbonyl (C=O) groups excluding carboxylic acids is 3. The van der Waals surface area contributed by atoms with Crippen molar-refractivity contribution in [2.75, 3.05) is 7.11 Å². The number of methoxy groups -OCH3 is 1. The summed E-state index contributed by atoms with van der Waals surface area (Å²) in [4.78, 5) is 37.9. The van der Waals surface area contributed by atoms with Crippen molar-refractivity contribution in [2.45, 2.75) is 13.8 Å². The van der Waals surface area contributed by atoms with Crippen LogP contribution < -0.4 is 14.2 Å². The van der Waals surface area contributed by atoms with Gasteiger partial charge in [-0.3, -0.25) is 9.59 Å². The van der Waals surface area contributed by atoms with Gasteiger partial charge in [-0.2, -0.15) is 0 Å². The maximum atomic E-state index is 13.7. The molecule has 7 nitrogen and oxygen atoms in total. The average Bonchev–Trinajstić information content (AvgIpc) is 3.23. The van der Waals surface area contributed by atoms with Gasteiger partial charge in [-0.05, 0) is 67.6 Å². The van der Waals surface area contributed by atoms with Crippen molar-refractivity contribution in [1.82, 2.24) is 4.57 Å².